The highest BCUT2D eigenvalue weighted by Crippen LogP contribution is 2.61. The minimum atomic E-state index is -0.532. The maximum atomic E-state index is 10.1. The van der Waals surface area contributed by atoms with E-state index in [1.807, 2.05) is 24.3 Å². The van der Waals surface area contributed by atoms with Crippen LogP contribution in [-0.2, 0) is 16.8 Å². The van der Waals surface area contributed by atoms with Crippen molar-refractivity contribution in [3.8, 4) is 17.5 Å². The van der Waals surface area contributed by atoms with Crippen LogP contribution in [0.15, 0.2) is 24.3 Å². The summed E-state index contributed by atoms with van der Waals surface area (Å²) in [6.07, 6.45) is 2.27. The predicted octanol–water partition coefficient (Wildman–Crippen LogP) is 2.74. The molecular formula is C16H17NO4. The van der Waals surface area contributed by atoms with Crippen LogP contribution in [0.5, 0.6) is 17.5 Å². The van der Waals surface area contributed by atoms with Gasteiger partial charge in [0, 0.05) is 6.42 Å². The minimum Gasteiger partial charge on any atom is -0.497 e. The molecule has 1 aromatic heterocycles. The van der Waals surface area contributed by atoms with Gasteiger partial charge in [-0.3, -0.25) is 4.98 Å². The lowest BCUT2D eigenvalue weighted by Crippen LogP contribution is -2.25. The van der Waals surface area contributed by atoms with Gasteiger partial charge in [-0.05, 0) is 30.5 Å². The highest BCUT2D eigenvalue weighted by atomic mass is 16.5. The van der Waals surface area contributed by atoms with Gasteiger partial charge in [0.15, 0.2) is 11.8 Å². The molecule has 2 aliphatic rings. The number of aromatic nitrogens is 1. The molecule has 2 atom stereocenters. The number of nitrogens with one attached hydrogen (secondary N) is 1. The van der Waals surface area contributed by atoms with Crippen LogP contribution in [0.4, 0.5) is 0 Å². The van der Waals surface area contributed by atoms with Gasteiger partial charge in [-0.1, -0.05) is 12.1 Å². The van der Waals surface area contributed by atoms with Gasteiger partial charge < -0.3 is 19.7 Å². The van der Waals surface area contributed by atoms with E-state index in [2.05, 4.69) is 4.98 Å². The Bertz CT molecular complexity index is 691. The zero-order valence-corrected chi connectivity index (χ0v) is 11.7. The summed E-state index contributed by atoms with van der Waals surface area (Å²) in [6.45, 7) is 0. The quantitative estimate of drug-likeness (QED) is 0.811. The molecule has 5 heteroatoms. The maximum Gasteiger partial charge on any atom is 0.197 e. The molecule has 0 spiro atoms. The third-order valence-corrected chi connectivity index (χ3v) is 4.60. The number of fused-ring (bicyclic) bond motifs is 5. The highest BCUT2D eigenvalue weighted by molar-refractivity contribution is 5.53. The summed E-state index contributed by atoms with van der Waals surface area (Å²) in [7, 11) is 1.64. The predicted molar refractivity (Wildman–Crippen MR) is 75.6 cm³/mol. The first-order valence-electron chi connectivity index (χ1n) is 7.08. The second-order valence-electron chi connectivity index (χ2n) is 5.78. The summed E-state index contributed by atoms with van der Waals surface area (Å²) in [4.78, 5) is 2.62. The van der Waals surface area contributed by atoms with Crippen LogP contribution < -0.4 is 4.74 Å². The van der Waals surface area contributed by atoms with Crippen molar-refractivity contribution in [1.82, 2.24) is 4.98 Å². The number of hydrogen-bond acceptors (Lipinski definition) is 4. The molecule has 0 aliphatic carbocycles. The van der Waals surface area contributed by atoms with Crippen molar-refractivity contribution in [3.63, 3.8) is 0 Å². The van der Waals surface area contributed by atoms with E-state index in [1.54, 1.807) is 7.11 Å². The number of hydrogen-bond donors (Lipinski definition) is 3. The van der Waals surface area contributed by atoms with Crippen molar-refractivity contribution in [2.75, 3.05) is 7.11 Å². The molecule has 1 fully saturated rings. The van der Waals surface area contributed by atoms with E-state index in [4.69, 9.17) is 9.47 Å². The second kappa shape index (κ2) is 4.18. The summed E-state index contributed by atoms with van der Waals surface area (Å²) in [5.74, 6) is 0.873. The van der Waals surface area contributed by atoms with Crippen LogP contribution >= 0.6 is 0 Å². The van der Waals surface area contributed by atoms with Crippen LogP contribution in [0.2, 0.25) is 0 Å². The van der Waals surface area contributed by atoms with Gasteiger partial charge in [0.25, 0.3) is 0 Å². The number of methoxy groups -OCH3 is 1. The zero-order valence-electron chi connectivity index (χ0n) is 11.7. The molecule has 1 aromatic carbocycles. The van der Waals surface area contributed by atoms with E-state index in [-0.39, 0.29) is 17.9 Å². The monoisotopic (exact) mass is 287 g/mol. The van der Waals surface area contributed by atoms with Gasteiger partial charge >= 0.3 is 0 Å². The zero-order chi connectivity index (χ0) is 14.6. The van der Waals surface area contributed by atoms with Crippen molar-refractivity contribution in [2.45, 2.75) is 31.0 Å². The second-order valence-corrected chi connectivity index (χ2v) is 5.78. The fourth-order valence-electron chi connectivity index (χ4n) is 3.70. The molecule has 1 saturated heterocycles. The Morgan fingerprint density at radius 1 is 1.29 bits per heavy atom. The average molecular weight is 287 g/mol. The summed E-state index contributed by atoms with van der Waals surface area (Å²) in [5, 5.41) is 20.0. The number of rotatable bonds is 3. The third kappa shape index (κ3) is 1.67. The Morgan fingerprint density at radius 3 is 2.76 bits per heavy atom. The summed E-state index contributed by atoms with van der Waals surface area (Å²) in [5.41, 5.74) is 2.04. The molecule has 2 unspecified atom stereocenters. The molecule has 3 heterocycles. The molecule has 2 aromatic rings. The molecular weight excluding hydrogens is 270 g/mol. The van der Waals surface area contributed by atoms with E-state index < -0.39 is 5.60 Å². The highest BCUT2D eigenvalue weighted by Gasteiger charge is 2.54. The number of benzene rings is 1. The van der Waals surface area contributed by atoms with E-state index in [0.717, 1.165) is 35.3 Å². The fraction of sp³-hybridized carbons (Fsp3) is 0.375. The summed E-state index contributed by atoms with van der Waals surface area (Å²) >= 11 is 0. The number of ether oxygens (including phenoxy) is 2. The number of H-pyrrole nitrogens is 1. The maximum absolute atomic E-state index is 10.1. The number of aromatic amines is 1. The van der Waals surface area contributed by atoms with E-state index >= 15 is 0 Å². The lowest BCUT2D eigenvalue weighted by atomic mass is 9.80. The molecule has 0 amide bonds. The first-order valence-corrected chi connectivity index (χ1v) is 7.08. The third-order valence-electron chi connectivity index (χ3n) is 4.60. The van der Waals surface area contributed by atoms with Crippen LogP contribution in [0.25, 0.3) is 0 Å². The molecule has 110 valence electrons. The van der Waals surface area contributed by atoms with Gasteiger partial charge in [0.05, 0.1) is 24.3 Å². The van der Waals surface area contributed by atoms with Crippen molar-refractivity contribution in [3.05, 3.63) is 41.0 Å². The van der Waals surface area contributed by atoms with Crippen molar-refractivity contribution in [1.29, 1.82) is 0 Å². The lowest BCUT2D eigenvalue weighted by molar-refractivity contribution is -0.0232. The standard InChI is InChI=1S/C16H17NO4/c1-20-10-4-2-9(3-5-10)8-16-7-6-11(21-16)12-13(16)15(19)17-14(12)18/h2-5,11,17-19H,6-8H2,1H3. The molecule has 2 bridgehead atoms. The van der Waals surface area contributed by atoms with E-state index in [1.165, 1.54) is 0 Å². The normalized spacial score (nSPS) is 26.0. The number of aromatic hydroxyl groups is 2. The van der Waals surface area contributed by atoms with Gasteiger partial charge in [-0.25, -0.2) is 0 Å². The molecule has 4 rings (SSSR count). The first kappa shape index (κ1) is 12.6. The van der Waals surface area contributed by atoms with E-state index in [0.29, 0.717) is 6.42 Å². The largest absolute Gasteiger partial charge is 0.497 e. The first-order chi connectivity index (χ1) is 10.1. The topological polar surface area (TPSA) is 74.7 Å². The minimum absolute atomic E-state index is 0.0261. The van der Waals surface area contributed by atoms with Gasteiger partial charge in [-0.2, -0.15) is 0 Å². The van der Waals surface area contributed by atoms with Crippen molar-refractivity contribution >= 4 is 0 Å². The molecule has 5 nitrogen and oxygen atoms in total. The summed E-state index contributed by atoms with van der Waals surface area (Å²) in [6, 6.07) is 7.85. The smallest absolute Gasteiger partial charge is 0.197 e. The van der Waals surface area contributed by atoms with Crippen LogP contribution in [0, 0.1) is 0 Å². The van der Waals surface area contributed by atoms with Gasteiger partial charge in [0.1, 0.15) is 11.4 Å². The summed E-state index contributed by atoms with van der Waals surface area (Å²) < 4.78 is 11.3. The Balaban J connectivity index is 1.72. The van der Waals surface area contributed by atoms with Crippen LogP contribution in [0.1, 0.15) is 35.6 Å². The van der Waals surface area contributed by atoms with Gasteiger partial charge in [0.2, 0.25) is 0 Å². The Kier molecular flexibility index (Phi) is 2.50. The SMILES string of the molecule is COc1ccc(CC23CCC(O2)c2c(O)[nH]c(O)c23)cc1. The average Bonchev–Trinajstić information content (AvgIpc) is 3.11. The molecule has 21 heavy (non-hydrogen) atoms. The van der Waals surface area contributed by atoms with Crippen molar-refractivity contribution in [2.24, 2.45) is 0 Å². The molecule has 0 saturated carbocycles. The Hall–Kier alpha value is -2.14. The van der Waals surface area contributed by atoms with Crippen molar-refractivity contribution < 1.29 is 19.7 Å². The van der Waals surface area contributed by atoms with E-state index in [9.17, 15) is 10.2 Å². The van der Waals surface area contributed by atoms with Crippen LogP contribution in [-0.4, -0.2) is 22.3 Å². The Morgan fingerprint density at radius 2 is 2.05 bits per heavy atom. The molecule has 2 aliphatic heterocycles. The molecule has 3 N–H and O–H groups in total. The molecule has 0 radical (unpaired) electrons. The fourth-order valence-corrected chi connectivity index (χ4v) is 3.70. The Labute approximate surface area is 122 Å². The lowest BCUT2D eigenvalue weighted by Gasteiger charge is -2.25. The van der Waals surface area contributed by atoms with Gasteiger partial charge in [-0.15, -0.1) is 0 Å². The van der Waals surface area contributed by atoms with Crippen LogP contribution in [0.3, 0.4) is 0 Å².